The number of benzene rings is 2. The van der Waals surface area contributed by atoms with Crippen molar-refractivity contribution in [3.63, 3.8) is 0 Å². The minimum absolute atomic E-state index is 0.128. The van der Waals surface area contributed by atoms with E-state index >= 15 is 0 Å². The third-order valence-corrected chi connectivity index (χ3v) is 3.20. The quantitative estimate of drug-likeness (QED) is 0.848. The largest absolute Gasteiger partial charge is 0.481 e. The number of hydrogen-bond acceptors (Lipinski definition) is 2. The van der Waals surface area contributed by atoms with Crippen LogP contribution < -0.4 is 0 Å². The van der Waals surface area contributed by atoms with Gasteiger partial charge < -0.3 is 5.11 Å². The smallest absolute Gasteiger partial charge is 0.307 e. The first-order valence-electron chi connectivity index (χ1n) is 6.55. The fourth-order valence-electron chi connectivity index (χ4n) is 2.15. The van der Waals surface area contributed by atoms with Crippen molar-refractivity contribution in [3.05, 3.63) is 70.8 Å². The molecule has 0 amide bonds. The Labute approximate surface area is 117 Å². The van der Waals surface area contributed by atoms with Crippen LogP contribution in [0.15, 0.2) is 48.5 Å². The molecule has 2 rings (SSSR count). The van der Waals surface area contributed by atoms with Gasteiger partial charge in [0.1, 0.15) is 0 Å². The highest BCUT2D eigenvalue weighted by atomic mass is 16.4. The summed E-state index contributed by atoms with van der Waals surface area (Å²) < 4.78 is 0. The monoisotopic (exact) mass is 268 g/mol. The van der Waals surface area contributed by atoms with Crippen LogP contribution in [0.2, 0.25) is 0 Å². The maximum Gasteiger partial charge on any atom is 0.307 e. The first-order valence-corrected chi connectivity index (χ1v) is 6.55. The molecule has 0 saturated heterocycles. The lowest BCUT2D eigenvalue weighted by molar-refractivity contribution is -0.136. The van der Waals surface area contributed by atoms with Gasteiger partial charge in [0.25, 0.3) is 0 Å². The van der Waals surface area contributed by atoms with Crippen LogP contribution in [0.3, 0.4) is 0 Å². The lowest BCUT2D eigenvalue weighted by atomic mass is 9.95. The molecule has 0 unspecified atom stereocenters. The highest BCUT2D eigenvalue weighted by Crippen LogP contribution is 2.16. The molecule has 0 spiro atoms. The van der Waals surface area contributed by atoms with Crippen LogP contribution in [0.4, 0.5) is 0 Å². The van der Waals surface area contributed by atoms with E-state index in [1.165, 1.54) is 0 Å². The van der Waals surface area contributed by atoms with Crippen LogP contribution in [-0.2, 0) is 17.6 Å². The van der Waals surface area contributed by atoms with Crippen molar-refractivity contribution in [2.45, 2.75) is 19.8 Å². The number of aryl methyl sites for hydroxylation is 1. The van der Waals surface area contributed by atoms with Gasteiger partial charge in [0.2, 0.25) is 0 Å². The Morgan fingerprint density at radius 3 is 2.50 bits per heavy atom. The maximum atomic E-state index is 12.5. The van der Waals surface area contributed by atoms with E-state index in [1.54, 1.807) is 30.3 Å². The number of carbonyl (C=O) groups is 2. The molecule has 0 aromatic heterocycles. The van der Waals surface area contributed by atoms with Gasteiger partial charge in [0, 0.05) is 11.1 Å². The molecule has 2 aromatic rings. The van der Waals surface area contributed by atoms with Crippen molar-refractivity contribution >= 4 is 11.8 Å². The SMILES string of the molecule is CCc1cccc(C(=O)c2ccccc2CC(=O)O)c1. The number of ketones is 1. The molecule has 0 aliphatic heterocycles. The van der Waals surface area contributed by atoms with Gasteiger partial charge in [-0.1, -0.05) is 49.4 Å². The van der Waals surface area contributed by atoms with Gasteiger partial charge in [-0.2, -0.15) is 0 Å². The summed E-state index contributed by atoms with van der Waals surface area (Å²) in [6.45, 7) is 2.03. The molecule has 2 aromatic carbocycles. The topological polar surface area (TPSA) is 54.4 Å². The zero-order valence-electron chi connectivity index (χ0n) is 11.3. The minimum atomic E-state index is -0.937. The molecule has 0 aliphatic rings. The standard InChI is InChI=1S/C17H16O3/c1-2-12-6-5-8-14(10-12)17(20)15-9-4-3-7-13(15)11-16(18)19/h3-10H,2,11H2,1H3,(H,18,19). The number of hydrogen-bond donors (Lipinski definition) is 1. The number of carboxylic acid groups (broad SMARTS) is 1. The summed E-state index contributed by atoms with van der Waals surface area (Å²) in [7, 11) is 0. The summed E-state index contributed by atoms with van der Waals surface area (Å²) in [4.78, 5) is 23.4. The average molecular weight is 268 g/mol. The van der Waals surface area contributed by atoms with Crippen molar-refractivity contribution in [2.24, 2.45) is 0 Å². The van der Waals surface area contributed by atoms with Gasteiger partial charge in [-0.25, -0.2) is 0 Å². The third-order valence-electron chi connectivity index (χ3n) is 3.20. The molecule has 0 bridgehead atoms. The van der Waals surface area contributed by atoms with Crippen LogP contribution in [0.25, 0.3) is 0 Å². The lowest BCUT2D eigenvalue weighted by Crippen LogP contribution is -2.09. The summed E-state index contributed by atoms with van der Waals surface area (Å²) in [6.07, 6.45) is 0.716. The second-order valence-electron chi connectivity index (χ2n) is 4.61. The van der Waals surface area contributed by atoms with E-state index in [-0.39, 0.29) is 12.2 Å². The van der Waals surface area contributed by atoms with Gasteiger partial charge in [-0.3, -0.25) is 9.59 Å². The Morgan fingerprint density at radius 1 is 1.05 bits per heavy atom. The van der Waals surface area contributed by atoms with Crippen LogP contribution in [0.1, 0.15) is 34.0 Å². The Bertz CT molecular complexity index is 644. The Hall–Kier alpha value is -2.42. The molecule has 0 aliphatic carbocycles. The molecule has 3 heteroatoms. The van der Waals surface area contributed by atoms with E-state index in [4.69, 9.17) is 5.11 Å². The molecule has 3 nitrogen and oxygen atoms in total. The third kappa shape index (κ3) is 3.12. The van der Waals surface area contributed by atoms with Gasteiger partial charge in [0.05, 0.1) is 6.42 Å². The summed E-state index contributed by atoms with van der Waals surface area (Å²) in [5.41, 5.74) is 2.70. The predicted molar refractivity (Wildman–Crippen MR) is 77.0 cm³/mol. The molecule has 20 heavy (non-hydrogen) atoms. The molecule has 0 radical (unpaired) electrons. The van der Waals surface area contributed by atoms with E-state index in [2.05, 4.69) is 0 Å². The number of rotatable bonds is 5. The molecule has 102 valence electrons. The summed E-state index contributed by atoms with van der Waals surface area (Å²) in [5, 5.41) is 8.91. The second-order valence-corrected chi connectivity index (χ2v) is 4.61. The van der Waals surface area contributed by atoms with E-state index in [1.807, 2.05) is 25.1 Å². The van der Waals surface area contributed by atoms with Crippen LogP contribution in [0.5, 0.6) is 0 Å². The van der Waals surface area contributed by atoms with Crippen LogP contribution in [0, 0.1) is 0 Å². The van der Waals surface area contributed by atoms with Crippen LogP contribution in [-0.4, -0.2) is 16.9 Å². The number of carboxylic acids is 1. The van der Waals surface area contributed by atoms with Crippen molar-refractivity contribution < 1.29 is 14.7 Å². The highest BCUT2D eigenvalue weighted by Gasteiger charge is 2.15. The van der Waals surface area contributed by atoms with Crippen molar-refractivity contribution in [1.82, 2.24) is 0 Å². The number of carbonyl (C=O) groups excluding carboxylic acids is 1. The van der Waals surface area contributed by atoms with Crippen LogP contribution >= 0.6 is 0 Å². The Morgan fingerprint density at radius 2 is 1.80 bits per heavy atom. The Balaban J connectivity index is 2.40. The fourth-order valence-corrected chi connectivity index (χ4v) is 2.15. The molecule has 1 N–H and O–H groups in total. The van der Waals surface area contributed by atoms with Gasteiger partial charge in [-0.15, -0.1) is 0 Å². The van der Waals surface area contributed by atoms with E-state index in [0.29, 0.717) is 16.7 Å². The molecule has 0 saturated carbocycles. The van der Waals surface area contributed by atoms with E-state index < -0.39 is 5.97 Å². The van der Waals surface area contributed by atoms with Gasteiger partial charge in [-0.05, 0) is 23.6 Å². The zero-order chi connectivity index (χ0) is 14.5. The van der Waals surface area contributed by atoms with Crippen molar-refractivity contribution in [2.75, 3.05) is 0 Å². The normalized spacial score (nSPS) is 10.2. The Kier molecular flexibility index (Phi) is 4.31. The molecule has 0 fully saturated rings. The molecular weight excluding hydrogens is 252 g/mol. The van der Waals surface area contributed by atoms with E-state index in [9.17, 15) is 9.59 Å². The summed E-state index contributed by atoms with van der Waals surface area (Å²) >= 11 is 0. The predicted octanol–water partition coefficient (Wildman–Crippen LogP) is 3.11. The fraction of sp³-hybridized carbons (Fsp3) is 0.176. The summed E-state index contributed by atoms with van der Waals surface area (Å²) in [5.74, 6) is -1.07. The average Bonchev–Trinajstić information content (AvgIpc) is 2.46. The minimum Gasteiger partial charge on any atom is -0.481 e. The lowest BCUT2D eigenvalue weighted by Gasteiger charge is -2.08. The molecule has 0 heterocycles. The van der Waals surface area contributed by atoms with Crippen molar-refractivity contribution in [3.8, 4) is 0 Å². The maximum absolute atomic E-state index is 12.5. The zero-order valence-corrected chi connectivity index (χ0v) is 11.3. The number of aliphatic carboxylic acids is 1. The first kappa shape index (κ1) is 14.0. The summed E-state index contributed by atoms with van der Waals surface area (Å²) in [6, 6.07) is 14.3. The second kappa shape index (κ2) is 6.15. The van der Waals surface area contributed by atoms with Crippen molar-refractivity contribution in [1.29, 1.82) is 0 Å². The molecular formula is C17H16O3. The van der Waals surface area contributed by atoms with Gasteiger partial charge >= 0.3 is 5.97 Å². The highest BCUT2D eigenvalue weighted by molar-refractivity contribution is 6.10. The molecule has 0 atom stereocenters. The first-order chi connectivity index (χ1) is 9.61. The van der Waals surface area contributed by atoms with Gasteiger partial charge in [0.15, 0.2) is 5.78 Å². The van der Waals surface area contributed by atoms with E-state index in [0.717, 1.165) is 12.0 Å².